The first kappa shape index (κ1) is 38.9. The molecule has 0 fully saturated rings. The SMILES string of the molecule is O=C(Nc1ccc(SC(C(=O)Nc2ccc(Oc3ccccc3)cc2)c2ccccc2)cc1)/C(=C/c1ccc(OCc2ccccc2)cc1)NC(=O)c1ccccc1. The van der Waals surface area contributed by atoms with Crippen molar-refractivity contribution >= 4 is 46.9 Å². The molecule has 8 nitrogen and oxygen atoms in total. The van der Waals surface area contributed by atoms with E-state index < -0.39 is 17.1 Å². The molecule has 9 heteroatoms. The lowest BCUT2D eigenvalue weighted by Gasteiger charge is -2.18. The fourth-order valence-corrected chi connectivity index (χ4v) is 6.83. The third-order valence-electron chi connectivity index (χ3n) is 8.78. The Balaban J connectivity index is 1.03. The molecule has 3 N–H and O–H groups in total. The first-order valence-corrected chi connectivity index (χ1v) is 19.4. The van der Waals surface area contributed by atoms with Crippen molar-refractivity contribution in [3.63, 3.8) is 0 Å². The summed E-state index contributed by atoms with van der Waals surface area (Å²) in [6, 6.07) is 59.4. The van der Waals surface area contributed by atoms with Crippen LogP contribution >= 0.6 is 11.8 Å². The summed E-state index contributed by atoms with van der Waals surface area (Å²) in [7, 11) is 0. The second-order valence-electron chi connectivity index (χ2n) is 13.0. The van der Waals surface area contributed by atoms with Gasteiger partial charge in [-0.2, -0.15) is 0 Å². The number of amides is 3. The van der Waals surface area contributed by atoms with Crippen molar-refractivity contribution in [2.75, 3.05) is 10.6 Å². The first-order chi connectivity index (χ1) is 28.4. The van der Waals surface area contributed by atoms with Crippen LogP contribution in [0.1, 0.15) is 32.3 Å². The minimum Gasteiger partial charge on any atom is -0.489 e. The van der Waals surface area contributed by atoms with E-state index >= 15 is 0 Å². The molecule has 0 bridgehead atoms. The van der Waals surface area contributed by atoms with Gasteiger partial charge >= 0.3 is 0 Å². The monoisotopic (exact) mass is 781 g/mol. The Morgan fingerprint density at radius 2 is 1.09 bits per heavy atom. The highest BCUT2D eigenvalue weighted by atomic mass is 32.2. The number of nitrogens with one attached hydrogen (secondary N) is 3. The van der Waals surface area contributed by atoms with Gasteiger partial charge in [0, 0.05) is 21.8 Å². The highest BCUT2D eigenvalue weighted by Crippen LogP contribution is 2.37. The Morgan fingerprint density at radius 1 is 0.552 bits per heavy atom. The van der Waals surface area contributed by atoms with Gasteiger partial charge in [0.1, 0.15) is 34.8 Å². The lowest BCUT2D eigenvalue weighted by Crippen LogP contribution is -2.30. The quantitative estimate of drug-likeness (QED) is 0.0707. The number of hydrogen-bond donors (Lipinski definition) is 3. The fourth-order valence-electron chi connectivity index (χ4n) is 5.80. The van der Waals surface area contributed by atoms with Gasteiger partial charge in [-0.3, -0.25) is 14.4 Å². The van der Waals surface area contributed by atoms with Crippen LogP contribution in [0.15, 0.2) is 205 Å². The second-order valence-corrected chi connectivity index (χ2v) is 14.2. The molecule has 0 aliphatic heterocycles. The van der Waals surface area contributed by atoms with Crippen LogP contribution in [-0.4, -0.2) is 17.7 Å². The van der Waals surface area contributed by atoms with E-state index in [1.807, 2.05) is 158 Å². The maximum Gasteiger partial charge on any atom is 0.272 e. The van der Waals surface area contributed by atoms with Gasteiger partial charge in [-0.25, -0.2) is 0 Å². The Kier molecular flexibility index (Phi) is 13.1. The van der Waals surface area contributed by atoms with E-state index in [0.29, 0.717) is 40.6 Å². The summed E-state index contributed by atoms with van der Waals surface area (Å²) in [5.74, 6) is 0.947. The molecule has 58 heavy (non-hydrogen) atoms. The van der Waals surface area contributed by atoms with Crippen LogP contribution in [-0.2, 0) is 16.2 Å². The summed E-state index contributed by atoms with van der Waals surface area (Å²) >= 11 is 1.39. The number of para-hydroxylation sites is 1. The molecule has 7 aromatic carbocycles. The van der Waals surface area contributed by atoms with Gasteiger partial charge in [0.15, 0.2) is 0 Å². The van der Waals surface area contributed by atoms with Crippen molar-refractivity contribution in [3.05, 3.63) is 222 Å². The largest absolute Gasteiger partial charge is 0.489 e. The van der Waals surface area contributed by atoms with Crippen LogP contribution in [0.25, 0.3) is 6.08 Å². The van der Waals surface area contributed by atoms with E-state index in [9.17, 15) is 14.4 Å². The van der Waals surface area contributed by atoms with Crippen molar-refractivity contribution in [2.45, 2.75) is 16.8 Å². The maximum atomic E-state index is 13.8. The second kappa shape index (κ2) is 19.5. The van der Waals surface area contributed by atoms with Gasteiger partial charge in [0.25, 0.3) is 11.8 Å². The molecule has 286 valence electrons. The fraction of sp³-hybridized carbons (Fsp3) is 0.0408. The van der Waals surface area contributed by atoms with Gasteiger partial charge in [0.2, 0.25) is 5.91 Å². The first-order valence-electron chi connectivity index (χ1n) is 18.6. The standard InChI is InChI=1S/C49H39N3O5S/c53-47(38-17-9-3-10-18-38)52-45(33-35-21-27-41(28-22-35)56-34-36-13-5-1-6-14-36)48(54)50-40-25-31-44(32-26-40)58-46(37-15-7-2-8-16-37)49(55)51-39-23-29-43(30-24-39)57-42-19-11-4-12-20-42/h1-33,46H,34H2,(H,50,54)(H,51,55)(H,52,53)/b45-33-. The number of benzene rings is 7. The zero-order valence-corrected chi connectivity index (χ0v) is 32.1. The molecular weight excluding hydrogens is 743 g/mol. The highest BCUT2D eigenvalue weighted by Gasteiger charge is 2.23. The molecule has 0 saturated heterocycles. The van der Waals surface area contributed by atoms with Crippen LogP contribution in [0.3, 0.4) is 0 Å². The zero-order valence-electron chi connectivity index (χ0n) is 31.3. The number of rotatable bonds is 15. The van der Waals surface area contributed by atoms with Crippen molar-refractivity contribution in [1.82, 2.24) is 5.32 Å². The molecule has 1 atom stereocenters. The summed E-state index contributed by atoms with van der Waals surface area (Å²) in [5, 5.41) is 8.17. The average molecular weight is 782 g/mol. The molecule has 0 saturated carbocycles. The molecule has 0 aromatic heterocycles. The van der Waals surface area contributed by atoms with Gasteiger partial charge in [-0.1, -0.05) is 109 Å². The lowest BCUT2D eigenvalue weighted by atomic mass is 10.1. The van der Waals surface area contributed by atoms with Gasteiger partial charge < -0.3 is 25.4 Å². The lowest BCUT2D eigenvalue weighted by molar-refractivity contribution is -0.116. The van der Waals surface area contributed by atoms with Crippen LogP contribution in [0.4, 0.5) is 11.4 Å². The molecule has 0 spiro atoms. The summed E-state index contributed by atoms with van der Waals surface area (Å²) in [6.45, 7) is 0.425. The van der Waals surface area contributed by atoms with E-state index in [1.165, 1.54) is 11.8 Å². The van der Waals surface area contributed by atoms with Crippen LogP contribution in [0.5, 0.6) is 17.2 Å². The Bertz CT molecular complexity index is 2450. The van der Waals surface area contributed by atoms with Gasteiger partial charge in [-0.15, -0.1) is 11.8 Å². The molecular formula is C49H39N3O5S. The van der Waals surface area contributed by atoms with Crippen molar-refractivity contribution in [3.8, 4) is 17.2 Å². The summed E-state index contributed by atoms with van der Waals surface area (Å²) in [4.78, 5) is 41.5. The van der Waals surface area contributed by atoms with E-state index in [1.54, 1.807) is 42.5 Å². The number of anilines is 2. The molecule has 0 heterocycles. The number of ether oxygens (including phenoxy) is 2. The van der Waals surface area contributed by atoms with Gasteiger partial charge in [0.05, 0.1) is 0 Å². The summed E-state index contributed by atoms with van der Waals surface area (Å²) in [5.41, 5.74) is 4.21. The van der Waals surface area contributed by atoms with E-state index in [-0.39, 0.29) is 11.6 Å². The minimum atomic E-state index is -0.570. The minimum absolute atomic E-state index is 0.0609. The molecule has 7 aromatic rings. The van der Waals surface area contributed by atoms with Gasteiger partial charge in [-0.05, 0) is 108 Å². The van der Waals surface area contributed by atoms with Crippen LogP contribution in [0.2, 0.25) is 0 Å². The number of thioether (sulfide) groups is 1. The summed E-state index contributed by atoms with van der Waals surface area (Å²) < 4.78 is 11.8. The number of carbonyl (C=O) groups is 3. The smallest absolute Gasteiger partial charge is 0.272 e. The Morgan fingerprint density at radius 3 is 1.74 bits per heavy atom. The molecule has 0 aliphatic rings. The highest BCUT2D eigenvalue weighted by molar-refractivity contribution is 8.00. The molecule has 1 unspecified atom stereocenters. The van der Waals surface area contributed by atoms with E-state index in [2.05, 4.69) is 16.0 Å². The van der Waals surface area contributed by atoms with Crippen molar-refractivity contribution in [1.29, 1.82) is 0 Å². The number of carbonyl (C=O) groups excluding carboxylic acids is 3. The molecule has 0 radical (unpaired) electrons. The maximum absolute atomic E-state index is 13.8. The van der Waals surface area contributed by atoms with Crippen molar-refractivity contribution < 1.29 is 23.9 Å². The van der Waals surface area contributed by atoms with E-state index in [0.717, 1.165) is 21.8 Å². The number of hydrogen-bond acceptors (Lipinski definition) is 6. The molecule has 3 amide bonds. The average Bonchev–Trinajstić information content (AvgIpc) is 3.27. The Labute approximate surface area is 341 Å². The topological polar surface area (TPSA) is 106 Å². The predicted molar refractivity (Wildman–Crippen MR) is 231 cm³/mol. The van der Waals surface area contributed by atoms with Crippen molar-refractivity contribution in [2.24, 2.45) is 0 Å². The summed E-state index contributed by atoms with van der Waals surface area (Å²) in [6.07, 6.45) is 1.62. The Hall–Kier alpha value is -7.36. The molecule has 0 aliphatic carbocycles. The van der Waals surface area contributed by atoms with Crippen LogP contribution < -0.4 is 25.4 Å². The third-order valence-corrected chi connectivity index (χ3v) is 10.0. The van der Waals surface area contributed by atoms with Crippen LogP contribution in [0, 0.1) is 0 Å². The molecule has 7 rings (SSSR count). The van der Waals surface area contributed by atoms with E-state index in [4.69, 9.17) is 9.47 Å². The third kappa shape index (κ3) is 11.1. The zero-order chi connectivity index (χ0) is 39.9. The predicted octanol–water partition coefficient (Wildman–Crippen LogP) is 10.9. The normalized spacial score (nSPS) is 11.5.